The number of pyridine rings is 1. The van der Waals surface area contributed by atoms with Gasteiger partial charge in [-0.3, -0.25) is 4.79 Å². The average molecular weight is 359 g/mol. The molecule has 0 aliphatic heterocycles. The lowest BCUT2D eigenvalue weighted by molar-refractivity contribution is -0.122. The third kappa shape index (κ3) is 3.91. The minimum absolute atomic E-state index is 0.221. The van der Waals surface area contributed by atoms with Gasteiger partial charge in [0.25, 0.3) is 5.91 Å². The van der Waals surface area contributed by atoms with E-state index in [2.05, 4.69) is 15.4 Å². The number of amides is 1. The molecule has 0 fully saturated rings. The van der Waals surface area contributed by atoms with Gasteiger partial charge >= 0.3 is 0 Å². The van der Waals surface area contributed by atoms with Crippen LogP contribution in [0.3, 0.4) is 0 Å². The molecule has 2 aromatic heterocycles. The molecule has 3 aromatic rings. The Balaban J connectivity index is 1.69. The van der Waals surface area contributed by atoms with Crippen LogP contribution in [0, 0.1) is 0 Å². The smallest absolute Gasteiger partial charge is 0.265 e. The molecule has 0 bridgehead atoms. The molecule has 0 unspecified atom stereocenters. The molecule has 3 rings (SSSR count). The zero-order chi connectivity index (χ0) is 18.0. The first-order chi connectivity index (χ1) is 11.9. The summed E-state index contributed by atoms with van der Waals surface area (Å²) >= 11 is 5.84. The zero-order valence-electron chi connectivity index (χ0n) is 14.2. The zero-order valence-corrected chi connectivity index (χ0v) is 15.0. The maximum absolute atomic E-state index is 12.3. The van der Waals surface area contributed by atoms with Crippen LogP contribution in [-0.4, -0.2) is 26.8 Å². The Morgan fingerprint density at radius 1 is 1.20 bits per heavy atom. The van der Waals surface area contributed by atoms with E-state index in [0.29, 0.717) is 16.5 Å². The number of anilines is 1. The molecule has 0 saturated carbocycles. The first-order valence-electron chi connectivity index (χ1n) is 8.00. The summed E-state index contributed by atoms with van der Waals surface area (Å²) < 4.78 is 7.46. The van der Waals surface area contributed by atoms with Crippen molar-refractivity contribution in [3.05, 3.63) is 47.7 Å². The van der Waals surface area contributed by atoms with Crippen LogP contribution in [0.25, 0.3) is 11.0 Å². The number of halogens is 1. The fraction of sp³-hybridized carbons (Fsp3) is 0.278. The third-order valence-corrected chi connectivity index (χ3v) is 3.94. The Bertz CT molecular complexity index is 890. The summed E-state index contributed by atoms with van der Waals surface area (Å²) in [5.74, 6) is 0.325. The van der Waals surface area contributed by atoms with Gasteiger partial charge in [0.05, 0.1) is 18.1 Å². The molecule has 1 atom stereocenters. The van der Waals surface area contributed by atoms with Crippen LogP contribution in [0.15, 0.2) is 42.7 Å². The van der Waals surface area contributed by atoms with Crippen LogP contribution in [0.2, 0.25) is 5.02 Å². The molecular formula is C18H19ClN4O2. The van der Waals surface area contributed by atoms with Gasteiger partial charge in [0, 0.05) is 16.5 Å². The number of hydrogen-bond donors (Lipinski definition) is 1. The molecule has 0 aliphatic rings. The van der Waals surface area contributed by atoms with Gasteiger partial charge in [-0.25, -0.2) is 9.67 Å². The number of carbonyl (C=O) groups is 1. The Morgan fingerprint density at radius 2 is 1.92 bits per heavy atom. The van der Waals surface area contributed by atoms with Gasteiger partial charge in [0.1, 0.15) is 5.75 Å². The highest BCUT2D eigenvalue weighted by atomic mass is 35.5. The molecule has 25 heavy (non-hydrogen) atoms. The van der Waals surface area contributed by atoms with Crippen LogP contribution >= 0.6 is 11.6 Å². The van der Waals surface area contributed by atoms with E-state index in [1.807, 2.05) is 24.6 Å². The van der Waals surface area contributed by atoms with E-state index in [1.54, 1.807) is 43.6 Å². The number of benzene rings is 1. The Labute approximate surface area is 150 Å². The molecule has 2 heterocycles. The maximum atomic E-state index is 12.3. The molecule has 1 amide bonds. The van der Waals surface area contributed by atoms with E-state index in [-0.39, 0.29) is 11.9 Å². The minimum atomic E-state index is -0.657. The summed E-state index contributed by atoms with van der Waals surface area (Å²) in [6.45, 7) is 5.77. The molecule has 0 spiro atoms. The van der Waals surface area contributed by atoms with Crippen LogP contribution in [-0.2, 0) is 4.79 Å². The molecule has 7 heteroatoms. The van der Waals surface area contributed by atoms with E-state index in [4.69, 9.17) is 16.3 Å². The summed E-state index contributed by atoms with van der Waals surface area (Å²) in [5, 5.41) is 8.62. The number of aromatic nitrogens is 3. The SMILES string of the molecule is CC(C)n1ncc2cc(NC(=O)[C@H](C)Oc3ccc(Cl)cc3)cnc21. The second kappa shape index (κ2) is 7.11. The lowest BCUT2D eigenvalue weighted by atomic mass is 10.3. The molecule has 6 nitrogen and oxygen atoms in total. The van der Waals surface area contributed by atoms with E-state index in [0.717, 1.165) is 11.0 Å². The van der Waals surface area contributed by atoms with Crippen molar-refractivity contribution in [2.75, 3.05) is 5.32 Å². The van der Waals surface area contributed by atoms with Crippen molar-refractivity contribution in [2.45, 2.75) is 32.9 Å². The van der Waals surface area contributed by atoms with Gasteiger partial charge in [-0.05, 0) is 51.1 Å². The fourth-order valence-electron chi connectivity index (χ4n) is 2.40. The number of nitrogens with one attached hydrogen (secondary N) is 1. The van der Waals surface area contributed by atoms with Crippen LogP contribution in [0.5, 0.6) is 5.75 Å². The van der Waals surface area contributed by atoms with Gasteiger partial charge < -0.3 is 10.1 Å². The normalized spacial score (nSPS) is 12.4. The standard InChI is InChI=1S/C18H19ClN4O2/c1-11(2)23-17-13(9-21-23)8-15(10-20-17)22-18(24)12(3)25-16-6-4-14(19)5-7-16/h4-12H,1-3H3,(H,22,24)/t12-/m0/s1. The maximum Gasteiger partial charge on any atom is 0.265 e. The average Bonchev–Trinajstić information content (AvgIpc) is 3.00. The van der Waals surface area contributed by atoms with Gasteiger partial charge in [0.15, 0.2) is 11.8 Å². The van der Waals surface area contributed by atoms with Gasteiger partial charge in [-0.2, -0.15) is 5.10 Å². The van der Waals surface area contributed by atoms with Crippen LogP contribution in [0.4, 0.5) is 5.69 Å². The molecule has 130 valence electrons. The first kappa shape index (κ1) is 17.2. The summed E-state index contributed by atoms with van der Waals surface area (Å²) in [6.07, 6.45) is 2.71. The molecule has 1 aromatic carbocycles. The van der Waals surface area contributed by atoms with Crippen molar-refractivity contribution >= 4 is 34.2 Å². The highest BCUT2D eigenvalue weighted by molar-refractivity contribution is 6.30. The quantitative estimate of drug-likeness (QED) is 0.746. The second-order valence-corrected chi connectivity index (χ2v) is 6.46. The fourth-order valence-corrected chi connectivity index (χ4v) is 2.53. The predicted molar refractivity (Wildman–Crippen MR) is 98.1 cm³/mol. The summed E-state index contributed by atoms with van der Waals surface area (Å²) in [4.78, 5) is 16.7. The van der Waals surface area contributed by atoms with E-state index in [1.165, 1.54) is 0 Å². The van der Waals surface area contributed by atoms with Crippen LogP contribution in [0.1, 0.15) is 26.8 Å². The highest BCUT2D eigenvalue weighted by Crippen LogP contribution is 2.20. The Morgan fingerprint density at radius 3 is 2.60 bits per heavy atom. The number of ether oxygens (including phenoxy) is 1. The lowest BCUT2D eigenvalue weighted by Gasteiger charge is -2.14. The second-order valence-electron chi connectivity index (χ2n) is 6.02. The van der Waals surface area contributed by atoms with Crippen molar-refractivity contribution in [1.82, 2.24) is 14.8 Å². The van der Waals surface area contributed by atoms with Crippen LogP contribution < -0.4 is 10.1 Å². The molecule has 1 N–H and O–H groups in total. The Kier molecular flexibility index (Phi) is 4.90. The topological polar surface area (TPSA) is 69.0 Å². The molecular weight excluding hydrogens is 340 g/mol. The highest BCUT2D eigenvalue weighted by Gasteiger charge is 2.16. The number of carbonyl (C=O) groups excluding carboxylic acids is 1. The molecule has 0 radical (unpaired) electrons. The summed E-state index contributed by atoms with van der Waals surface area (Å²) in [6, 6.07) is 8.94. The van der Waals surface area contributed by atoms with Crippen molar-refractivity contribution in [1.29, 1.82) is 0 Å². The summed E-state index contributed by atoms with van der Waals surface area (Å²) in [5.41, 5.74) is 1.39. The van der Waals surface area contributed by atoms with E-state index >= 15 is 0 Å². The van der Waals surface area contributed by atoms with Crippen molar-refractivity contribution in [2.24, 2.45) is 0 Å². The van der Waals surface area contributed by atoms with Crippen molar-refractivity contribution in [3.8, 4) is 5.75 Å². The van der Waals surface area contributed by atoms with Crippen molar-refractivity contribution < 1.29 is 9.53 Å². The Hall–Kier alpha value is -2.60. The lowest BCUT2D eigenvalue weighted by Crippen LogP contribution is -2.30. The summed E-state index contributed by atoms with van der Waals surface area (Å²) in [7, 11) is 0. The number of fused-ring (bicyclic) bond motifs is 1. The monoisotopic (exact) mass is 358 g/mol. The first-order valence-corrected chi connectivity index (χ1v) is 8.38. The largest absolute Gasteiger partial charge is 0.481 e. The predicted octanol–water partition coefficient (Wildman–Crippen LogP) is 4.07. The van der Waals surface area contributed by atoms with Crippen molar-refractivity contribution in [3.63, 3.8) is 0 Å². The van der Waals surface area contributed by atoms with Gasteiger partial charge in [0.2, 0.25) is 0 Å². The molecule has 0 aliphatic carbocycles. The third-order valence-electron chi connectivity index (χ3n) is 3.69. The minimum Gasteiger partial charge on any atom is -0.481 e. The van der Waals surface area contributed by atoms with E-state index < -0.39 is 6.10 Å². The number of rotatable bonds is 5. The number of hydrogen-bond acceptors (Lipinski definition) is 4. The number of nitrogens with zero attached hydrogens (tertiary/aromatic N) is 3. The van der Waals surface area contributed by atoms with E-state index in [9.17, 15) is 4.79 Å². The van der Waals surface area contributed by atoms with Gasteiger partial charge in [-0.1, -0.05) is 11.6 Å². The van der Waals surface area contributed by atoms with Gasteiger partial charge in [-0.15, -0.1) is 0 Å². The molecule has 0 saturated heterocycles.